The average molecular weight is 319 g/mol. The Labute approximate surface area is 133 Å². The standard InChI is InChI=1S/C16H18FN3O3/c1-5-14(21)13-9-18-20(19-13)10-6-7-11(12(17)8-10)15(22)23-16(2,3)4/h6-9H,5H2,1-4H3. The number of Topliss-reactive ketones (excluding diaryl/α,β-unsaturated/α-hetero) is 1. The molecule has 1 aromatic heterocycles. The van der Waals surface area contributed by atoms with E-state index >= 15 is 0 Å². The summed E-state index contributed by atoms with van der Waals surface area (Å²) in [7, 11) is 0. The Morgan fingerprint density at radius 1 is 1.30 bits per heavy atom. The molecule has 7 heteroatoms. The molecule has 0 unspecified atom stereocenters. The second kappa shape index (κ2) is 6.28. The number of nitrogens with zero attached hydrogens (tertiary/aromatic N) is 3. The zero-order chi connectivity index (χ0) is 17.2. The third-order valence-electron chi connectivity index (χ3n) is 2.90. The normalized spacial score (nSPS) is 11.3. The van der Waals surface area contributed by atoms with Gasteiger partial charge in [0, 0.05) is 12.5 Å². The van der Waals surface area contributed by atoms with E-state index in [0.29, 0.717) is 12.1 Å². The van der Waals surface area contributed by atoms with Crippen LogP contribution in [0.1, 0.15) is 55.0 Å². The molecule has 0 aliphatic rings. The van der Waals surface area contributed by atoms with Gasteiger partial charge in [-0.2, -0.15) is 9.90 Å². The number of ketones is 1. The number of halogens is 1. The van der Waals surface area contributed by atoms with Gasteiger partial charge in [-0.05, 0) is 32.9 Å². The van der Waals surface area contributed by atoms with Gasteiger partial charge in [0.05, 0.1) is 17.4 Å². The van der Waals surface area contributed by atoms with Crippen LogP contribution >= 0.6 is 0 Å². The van der Waals surface area contributed by atoms with E-state index in [9.17, 15) is 14.0 Å². The van der Waals surface area contributed by atoms with E-state index in [1.54, 1.807) is 27.7 Å². The van der Waals surface area contributed by atoms with Crippen molar-refractivity contribution in [3.8, 4) is 5.69 Å². The van der Waals surface area contributed by atoms with Crippen LogP contribution < -0.4 is 0 Å². The molecular weight excluding hydrogens is 301 g/mol. The number of carbonyl (C=O) groups excluding carboxylic acids is 2. The summed E-state index contributed by atoms with van der Waals surface area (Å²) in [5.41, 5.74) is -0.351. The third kappa shape index (κ3) is 4.00. The lowest BCUT2D eigenvalue weighted by atomic mass is 10.1. The van der Waals surface area contributed by atoms with Crippen LogP contribution in [0.3, 0.4) is 0 Å². The summed E-state index contributed by atoms with van der Waals surface area (Å²) in [5.74, 6) is -1.63. The first-order valence-corrected chi connectivity index (χ1v) is 7.20. The number of aromatic nitrogens is 3. The Morgan fingerprint density at radius 3 is 2.57 bits per heavy atom. The zero-order valence-electron chi connectivity index (χ0n) is 13.5. The van der Waals surface area contributed by atoms with Gasteiger partial charge in [0.25, 0.3) is 0 Å². The summed E-state index contributed by atoms with van der Waals surface area (Å²) in [4.78, 5) is 24.6. The van der Waals surface area contributed by atoms with Crippen LogP contribution in [0.15, 0.2) is 24.4 Å². The molecule has 2 aromatic rings. The van der Waals surface area contributed by atoms with E-state index in [1.807, 2.05) is 0 Å². The van der Waals surface area contributed by atoms with Crippen LogP contribution in [0, 0.1) is 5.82 Å². The lowest BCUT2D eigenvalue weighted by molar-refractivity contribution is 0.00646. The topological polar surface area (TPSA) is 74.1 Å². The van der Waals surface area contributed by atoms with Crippen LogP contribution in [0.4, 0.5) is 4.39 Å². The predicted octanol–water partition coefficient (Wildman–Crippen LogP) is 2.95. The van der Waals surface area contributed by atoms with Crippen LogP contribution in [-0.4, -0.2) is 32.3 Å². The van der Waals surface area contributed by atoms with E-state index in [0.717, 1.165) is 10.9 Å². The predicted molar refractivity (Wildman–Crippen MR) is 81.1 cm³/mol. The van der Waals surface area contributed by atoms with Gasteiger partial charge < -0.3 is 4.74 Å². The number of hydrogen-bond acceptors (Lipinski definition) is 5. The van der Waals surface area contributed by atoms with E-state index in [4.69, 9.17) is 4.74 Å². The summed E-state index contributed by atoms with van der Waals surface area (Å²) in [6.45, 7) is 6.84. The monoisotopic (exact) mass is 319 g/mol. The van der Waals surface area contributed by atoms with Gasteiger partial charge in [0.1, 0.15) is 17.1 Å². The van der Waals surface area contributed by atoms with Gasteiger partial charge in [-0.1, -0.05) is 6.92 Å². The number of benzene rings is 1. The van der Waals surface area contributed by atoms with Crippen molar-refractivity contribution in [2.24, 2.45) is 0 Å². The molecule has 122 valence electrons. The molecule has 6 nitrogen and oxygen atoms in total. The van der Waals surface area contributed by atoms with Crippen LogP contribution in [-0.2, 0) is 4.74 Å². The van der Waals surface area contributed by atoms with Crippen molar-refractivity contribution in [1.82, 2.24) is 15.0 Å². The molecule has 0 N–H and O–H groups in total. The maximum absolute atomic E-state index is 14.2. The molecule has 0 spiro atoms. The van der Waals surface area contributed by atoms with Crippen LogP contribution in [0.2, 0.25) is 0 Å². The highest BCUT2D eigenvalue weighted by Crippen LogP contribution is 2.17. The minimum absolute atomic E-state index is 0.151. The Kier molecular flexibility index (Phi) is 4.58. The molecular formula is C16H18FN3O3. The summed E-state index contributed by atoms with van der Waals surface area (Å²) in [5, 5.41) is 7.93. The number of rotatable bonds is 4. The Morgan fingerprint density at radius 2 is 2.00 bits per heavy atom. The first-order chi connectivity index (χ1) is 10.7. The minimum atomic E-state index is -0.739. The molecule has 23 heavy (non-hydrogen) atoms. The van der Waals surface area contributed by atoms with Crippen molar-refractivity contribution in [3.05, 3.63) is 41.5 Å². The van der Waals surface area contributed by atoms with Gasteiger partial charge in [0.2, 0.25) is 0 Å². The molecule has 1 heterocycles. The van der Waals surface area contributed by atoms with E-state index < -0.39 is 17.4 Å². The first-order valence-electron chi connectivity index (χ1n) is 7.20. The van der Waals surface area contributed by atoms with Gasteiger partial charge >= 0.3 is 5.97 Å². The second-order valence-electron chi connectivity index (χ2n) is 5.96. The van der Waals surface area contributed by atoms with Crippen molar-refractivity contribution in [2.75, 3.05) is 0 Å². The fourth-order valence-corrected chi connectivity index (χ4v) is 1.82. The SMILES string of the molecule is CCC(=O)c1cnn(-c2ccc(C(=O)OC(C)(C)C)c(F)c2)n1. The van der Waals surface area contributed by atoms with Gasteiger partial charge in [0.15, 0.2) is 5.78 Å². The highest BCUT2D eigenvalue weighted by molar-refractivity contribution is 5.93. The summed E-state index contributed by atoms with van der Waals surface area (Å²) < 4.78 is 19.3. The molecule has 0 bridgehead atoms. The maximum Gasteiger partial charge on any atom is 0.341 e. The third-order valence-corrected chi connectivity index (χ3v) is 2.90. The highest BCUT2D eigenvalue weighted by atomic mass is 19.1. The number of carbonyl (C=O) groups is 2. The van der Waals surface area contributed by atoms with E-state index in [-0.39, 0.29) is 17.0 Å². The summed E-state index contributed by atoms with van der Waals surface area (Å²) in [6.07, 6.45) is 1.64. The van der Waals surface area contributed by atoms with Crippen LogP contribution in [0.5, 0.6) is 0 Å². The molecule has 0 atom stereocenters. The molecule has 0 aliphatic heterocycles. The maximum atomic E-state index is 14.2. The molecule has 0 radical (unpaired) electrons. The van der Waals surface area contributed by atoms with Crippen LogP contribution in [0.25, 0.3) is 5.69 Å². The lowest BCUT2D eigenvalue weighted by Gasteiger charge is -2.19. The van der Waals surface area contributed by atoms with Crippen molar-refractivity contribution < 1.29 is 18.7 Å². The molecule has 0 saturated carbocycles. The van der Waals surface area contributed by atoms with Gasteiger partial charge in [-0.15, -0.1) is 5.10 Å². The summed E-state index contributed by atoms with van der Waals surface area (Å²) >= 11 is 0. The minimum Gasteiger partial charge on any atom is -0.456 e. The average Bonchev–Trinajstić information content (AvgIpc) is 2.94. The van der Waals surface area contributed by atoms with Crippen molar-refractivity contribution >= 4 is 11.8 Å². The quantitative estimate of drug-likeness (QED) is 0.640. The smallest absolute Gasteiger partial charge is 0.341 e. The molecule has 2 rings (SSSR count). The van der Waals surface area contributed by atoms with E-state index in [1.165, 1.54) is 18.3 Å². The van der Waals surface area contributed by atoms with Gasteiger partial charge in [-0.3, -0.25) is 4.79 Å². The molecule has 0 saturated heterocycles. The number of esters is 1. The molecule has 0 amide bonds. The first kappa shape index (κ1) is 16.8. The van der Waals surface area contributed by atoms with Crippen molar-refractivity contribution in [3.63, 3.8) is 0 Å². The Hall–Kier alpha value is -2.57. The fraction of sp³-hybridized carbons (Fsp3) is 0.375. The summed E-state index contributed by atoms with van der Waals surface area (Å²) in [6, 6.07) is 3.92. The van der Waals surface area contributed by atoms with E-state index in [2.05, 4.69) is 10.2 Å². The second-order valence-corrected chi connectivity index (χ2v) is 5.96. The highest BCUT2D eigenvalue weighted by Gasteiger charge is 2.21. The molecule has 0 aliphatic carbocycles. The lowest BCUT2D eigenvalue weighted by Crippen LogP contribution is -2.24. The van der Waals surface area contributed by atoms with Crippen molar-refractivity contribution in [2.45, 2.75) is 39.7 Å². The fourth-order valence-electron chi connectivity index (χ4n) is 1.82. The Bertz CT molecular complexity index is 747. The number of ether oxygens (including phenoxy) is 1. The molecule has 0 fully saturated rings. The zero-order valence-corrected chi connectivity index (χ0v) is 13.5. The Balaban J connectivity index is 2.27. The number of hydrogen-bond donors (Lipinski definition) is 0. The largest absolute Gasteiger partial charge is 0.456 e. The van der Waals surface area contributed by atoms with Crippen molar-refractivity contribution in [1.29, 1.82) is 0 Å². The van der Waals surface area contributed by atoms with Gasteiger partial charge in [-0.25, -0.2) is 9.18 Å². The molecule has 1 aromatic carbocycles.